The van der Waals surface area contributed by atoms with Crippen LogP contribution in [0.25, 0.3) is 10.9 Å². The Bertz CT molecular complexity index is 1050. The van der Waals surface area contributed by atoms with Crippen LogP contribution in [0.1, 0.15) is 34.9 Å². The fourth-order valence-corrected chi connectivity index (χ4v) is 3.83. The third-order valence-electron chi connectivity index (χ3n) is 5.30. The van der Waals surface area contributed by atoms with Gasteiger partial charge in [-0.15, -0.1) is 0 Å². The molecule has 1 aromatic carbocycles. The lowest BCUT2D eigenvalue weighted by molar-refractivity contribution is 0.0696. The van der Waals surface area contributed by atoms with Crippen LogP contribution >= 0.6 is 0 Å². The molecule has 1 N–H and O–H groups in total. The van der Waals surface area contributed by atoms with Gasteiger partial charge in [-0.3, -0.25) is 9.59 Å². The Morgan fingerprint density at radius 2 is 2.15 bits per heavy atom. The van der Waals surface area contributed by atoms with Gasteiger partial charge in [-0.25, -0.2) is 4.98 Å². The average Bonchev–Trinajstić information content (AvgIpc) is 3.03. The lowest BCUT2D eigenvalue weighted by atomic mass is 9.94. The molecule has 1 fully saturated rings. The summed E-state index contributed by atoms with van der Waals surface area (Å²) in [6, 6.07) is 9.23. The summed E-state index contributed by atoms with van der Waals surface area (Å²) >= 11 is 0. The van der Waals surface area contributed by atoms with Gasteiger partial charge >= 0.3 is 0 Å². The Morgan fingerprint density at radius 3 is 2.93 bits per heavy atom. The van der Waals surface area contributed by atoms with Gasteiger partial charge < -0.3 is 19.2 Å². The highest BCUT2D eigenvalue weighted by atomic mass is 16.5. The molecule has 1 amide bonds. The summed E-state index contributed by atoms with van der Waals surface area (Å²) in [6.07, 6.45) is 3.24. The standard InChI is InChI=1S/C20H22N4O3/c1-23-17-6-5-15(27-2)8-14(17)9-18(23)20(26)24-7-3-4-13(11-24)16-10-19(25)22-12-21-16/h5-6,8-10,12-13H,3-4,7,11H2,1-2H3,(H,21,22,25). The van der Waals surface area contributed by atoms with E-state index < -0.39 is 0 Å². The number of aromatic nitrogens is 3. The second-order valence-electron chi connectivity index (χ2n) is 6.94. The van der Waals surface area contributed by atoms with Crippen LogP contribution in [0.15, 0.2) is 41.5 Å². The summed E-state index contributed by atoms with van der Waals surface area (Å²) in [5, 5.41) is 0.977. The molecule has 1 atom stereocenters. The van der Waals surface area contributed by atoms with Crippen molar-refractivity contribution < 1.29 is 9.53 Å². The number of nitrogens with zero attached hydrogens (tertiary/aromatic N) is 3. The van der Waals surface area contributed by atoms with Gasteiger partial charge in [0.1, 0.15) is 11.4 Å². The first-order valence-electron chi connectivity index (χ1n) is 9.04. The second kappa shape index (κ2) is 6.90. The summed E-state index contributed by atoms with van der Waals surface area (Å²) in [4.78, 5) is 33.4. The van der Waals surface area contributed by atoms with Crippen LogP contribution in [0, 0.1) is 0 Å². The Balaban J connectivity index is 1.61. The smallest absolute Gasteiger partial charge is 0.270 e. The van der Waals surface area contributed by atoms with Crippen molar-refractivity contribution >= 4 is 16.8 Å². The molecule has 7 heteroatoms. The number of rotatable bonds is 3. The molecule has 3 aromatic rings. The molecule has 4 rings (SSSR count). The van der Waals surface area contributed by atoms with Crippen molar-refractivity contribution in [1.82, 2.24) is 19.4 Å². The highest BCUT2D eigenvalue weighted by Crippen LogP contribution is 2.28. The third-order valence-corrected chi connectivity index (χ3v) is 5.30. The van der Waals surface area contributed by atoms with Crippen LogP contribution in [-0.4, -0.2) is 45.5 Å². The first-order chi connectivity index (χ1) is 13.1. The first kappa shape index (κ1) is 17.3. The highest BCUT2D eigenvalue weighted by molar-refractivity contribution is 5.99. The van der Waals surface area contributed by atoms with Gasteiger partial charge in [0.05, 0.1) is 19.1 Å². The van der Waals surface area contributed by atoms with Crippen LogP contribution in [0.2, 0.25) is 0 Å². The van der Waals surface area contributed by atoms with Crippen molar-refractivity contribution in [2.45, 2.75) is 18.8 Å². The monoisotopic (exact) mass is 366 g/mol. The maximum atomic E-state index is 13.2. The first-order valence-corrected chi connectivity index (χ1v) is 9.04. The predicted octanol–water partition coefficient (Wildman–Crippen LogP) is 2.29. The molecule has 1 aliphatic rings. The number of hydrogen-bond acceptors (Lipinski definition) is 4. The van der Waals surface area contributed by atoms with E-state index in [1.54, 1.807) is 7.11 Å². The summed E-state index contributed by atoms with van der Waals surface area (Å²) in [7, 11) is 3.54. The van der Waals surface area contributed by atoms with Crippen LogP contribution in [0.3, 0.4) is 0 Å². The quantitative estimate of drug-likeness (QED) is 0.771. The van der Waals surface area contributed by atoms with E-state index in [0.29, 0.717) is 18.8 Å². The normalized spacial score (nSPS) is 17.3. The third kappa shape index (κ3) is 3.20. The Labute approximate surface area is 156 Å². The number of H-pyrrole nitrogens is 1. The highest BCUT2D eigenvalue weighted by Gasteiger charge is 2.28. The Kier molecular flexibility index (Phi) is 4.43. The number of aryl methyl sites for hydroxylation is 1. The minimum Gasteiger partial charge on any atom is -0.497 e. The van der Waals surface area contributed by atoms with E-state index >= 15 is 0 Å². The van der Waals surface area contributed by atoms with E-state index in [1.807, 2.05) is 40.8 Å². The number of methoxy groups -OCH3 is 1. The maximum absolute atomic E-state index is 13.2. The second-order valence-corrected chi connectivity index (χ2v) is 6.94. The summed E-state index contributed by atoms with van der Waals surface area (Å²) < 4.78 is 7.20. The molecule has 0 spiro atoms. The van der Waals surface area contributed by atoms with Crippen LogP contribution in [0.4, 0.5) is 0 Å². The number of carbonyl (C=O) groups is 1. The van der Waals surface area contributed by atoms with Crippen molar-refractivity contribution in [3.8, 4) is 5.75 Å². The summed E-state index contributed by atoms with van der Waals surface area (Å²) in [5.41, 5.74) is 2.23. The number of ether oxygens (including phenoxy) is 1. The number of aromatic amines is 1. The number of amides is 1. The molecule has 3 heterocycles. The molecular weight excluding hydrogens is 344 g/mol. The van der Waals surface area contributed by atoms with E-state index in [0.717, 1.165) is 35.2 Å². The van der Waals surface area contributed by atoms with E-state index in [-0.39, 0.29) is 17.4 Å². The number of benzene rings is 1. The molecule has 1 unspecified atom stereocenters. The molecule has 0 aliphatic carbocycles. The zero-order valence-electron chi connectivity index (χ0n) is 15.4. The van der Waals surface area contributed by atoms with Gasteiger partial charge in [0, 0.05) is 43.0 Å². The molecule has 0 saturated carbocycles. The average molecular weight is 366 g/mol. The van der Waals surface area contributed by atoms with Crippen LogP contribution < -0.4 is 10.3 Å². The lowest BCUT2D eigenvalue weighted by Crippen LogP contribution is -2.40. The largest absolute Gasteiger partial charge is 0.497 e. The molecule has 1 aliphatic heterocycles. The van der Waals surface area contributed by atoms with Crippen molar-refractivity contribution in [2.75, 3.05) is 20.2 Å². The van der Waals surface area contributed by atoms with Gasteiger partial charge in [0.25, 0.3) is 11.5 Å². The maximum Gasteiger partial charge on any atom is 0.270 e. The van der Waals surface area contributed by atoms with Gasteiger partial charge in [0.15, 0.2) is 0 Å². The van der Waals surface area contributed by atoms with Gasteiger partial charge in [0.2, 0.25) is 0 Å². The number of hydrogen-bond donors (Lipinski definition) is 1. The van der Waals surface area contributed by atoms with Crippen LogP contribution in [-0.2, 0) is 7.05 Å². The van der Waals surface area contributed by atoms with E-state index in [1.165, 1.54) is 12.4 Å². The van der Waals surface area contributed by atoms with E-state index in [9.17, 15) is 9.59 Å². The minimum absolute atomic E-state index is 0.00204. The Morgan fingerprint density at radius 1 is 1.30 bits per heavy atom. The zero-order valence-corrected chi connectivity index (χ0v) is 15.4. The van der Waals surface area contributed by atoms with E-state index in [2.05, 4.69) is 9.97 Å². The Hall–Kier alpha value is -3.09. The molecule has 27 heavy (non-hydrogen) atoms. The predicted molar refractivity (Wildman–Crippen MR) is 102 cm³/mol. The van der Waals surface area contributed by atoms with Gasteiger partial charge in [-0.1, -0.05) is 0 Å². The van der Waals surface area contributed by atoms with Crippen molar-refractivity contribution in [1.29, 1.82) is 0 Å². The van der Waals surface area contributed by atoms with Crippen molar-refractivity contribution in [3.05, 3.63) is 58.4 Å². The molecule has 7 nitrogen and oxygen atoms in total. The molecule has 1 saturated heterocycles. The molecule has 140 valence electrons. The number of piperidine rings is 1. The minimum atomic E-state index is -0.161. The zero-order chi connectivity index (χ0) is 19.0. The summed E-state index contributed by atoms with van der Waals surface area (Å²) in [6.45, 7) is 1.28. The van der Waals surface area contributed by atoms with Gasteiger partial charge in [-0.2, -0.15) is 0 Å². The number of nitrogens with one attached hydrogen (secondary N) is 1. The van der Waals surface area contributed by atoms with Crippen molar-refractivity contribution in [3.63, 3.8) is 0 Å². The van der Waals surface area contributed by atoms with E-state index in [4.69, 9.17) is 4.74 Å². The fourth-order valence-electron chi connectivity index (χ4n) is 3.83. The molecule has 2 aromatic heterocycles. The molecule has 0 radical (unpaired) electrons. The fraction of sp³-hybridized carbons (Fsp3) is 0.350. The number of fused-ring (bicyclic) bond motifs is 1. The van der Waals surface area contributed by atoms with Crippen molar-refractivity contribution in [2.24, 2.45) is 7.05 Å². The summed E-state index contributed by atoms with van der Waals surface area (Å²) in [5.74, 6) is 0.854. The van der Waals surface area contributed by atoms with Crippen LogP contribution in [0.5, 0.6) is 5.75 Å². The lowest BCUT2D eigenvalue weighted by Gasteiger charge is -2.32. The molecular formula is C20H22N4O3. The molecule has 0 bridgehead atoms. The topological polar surface area (TPSA) is 80.2 Å². The van der Waals surface area contributed by atoms with Gasteiger partial charge in [-0.05, 0) is 37.1 Å². The number of likely N-dealkylation sites (tertiary alicyclic amines) is 1. The SMILES string of the molecule is COc1ccc2c(c1)cc(C(=O)N1CCCC(c3cc(=O)[nH]cn3)C1)n2C. The number of carbonyl (C=O) groups excluding carboxylic acids is 1.